The fraction of sp³-hybridized carbons (Fsp3) is 0.308. The first-order valence-electron chi connectivity index (χ1n) is 6.54. The van der Waals surface area contributed by atoms with Gasteiger partial charge in [0.1, 0.15) is 0 Å². The standard InChI is InChI=1S/C13H16N6OS/c1-17(2)12(20)9-4-6-19(16-9)11-10(3-5-14)18-7-8-21-13(18)15-11/h4,6-8H,3,5,14H2,1-2H3. The van der Waals surface area contributed by atoms with Gasteiger partial charge in [0.25, 0.3) is 5.91 Å². The minimum atomic E-state index is -0.129. The van der Waals surface area contributed by atoms with Gasteiger partial charge >= 0.3 is 0 Å². The smallest absolute Gasteiger partial charge is 0.273 e. The van der Waals surface area contributed by atoms with E-state index in [-0.39, 0.29) is 5.91 Å². The van der Waals surface area contributed by atoms with E-state index < -0.39 is 0 Å². The summed E-state index contributed by atoms with van der Waals surface area (Å²) >= 11 is 1.56. The van der Waals surface area contributed by atoms with Crippen molar-refractivity contribution < 1.29 is 4.79 Å². The number of amides is 1. The van der Waals surface area contributed by atoms with Crippen LogP contribution >= 0.6 is 11.3 Å². The van der Waals surface area contributed by atoms with Gasteiger partial charge < -0.3 is 10.6 Å². The molecule has 2 N–H and O–H groups in total. The Hall–Kier alpha value is -2.19. The predicted molar refractivity (Wildman–Crippen MR) is 81.0 cm³/mol. The summed E-state index contributed by atoms with van der Waals surface area (Å²) in [6.07, 6.45) is 4.42. The molecule has 0 aliphatic carbocycles. The number of nitrogens with two attached hydrogens (primary N) is 1. The summed E-state index contributed by atoms with van der Waals surface area (Å²) in [5, 5.41) is 6.32. The number of carbonyl (C=O) groups excluding carboxylic acids is 1. The number of fused-ring (bicyclic) bond motifs is 1. The molecule has 0 spiro atoms. The lowest BCUT2D eigenvalue weighted by Crippen LogP contribution is -2.22. The molecule has 21 heavy (non-hydrogen) atoms. The Morgan fingerprint density at radius 1 is 1.43 bits per heavy atom. The highest BCUT2D eigenvalue weighted by atomic mass is 32.1. The minimum Gasteiger partial charge on any atom is -0.343 e. The average Bonchev–Trinajstić information content (AvgIpc) is 3.14. The van der Waals surface area contributed by atoms with E-state index in [0.29, 0.717) is 18.7 Å². The van der Waals surface area contributed by atoms with Crippen LogP contribution in [-0.2, 0) is 6.42 Å². The lowest BCUT2D eigenvalue weighted by atomic mass is 10.3. The highest BCUT2D eigenvalue weighted by Crippen LogP contribution is 2.20. The zero-order valence-electron chi connectivity index (χ0n) is 11.9. The van der Waals surface area contributed by atoms with Gasteiger partial charge in [-0.1, -0.05) is 0 Å². The lowest BCUT2D eigenvalue weighted by Gasteiger charge is -2.07. The van der Waals surface area contributed by atoms with Crippen LogP contribution < -0.4 is 5.73 Å². The summed E-state index contributed by atoms with van der Waals surface area (Å²) in [7, 11) is 3.40. The number of hydrogen-bond donors (Lipinski definition) is 1. The number of aromatic nitrogens is 4. The first-order chi connectivity index (χ1) is 10.1. The summed E-state index contributed by atoms with van der Waals surface area (Å²) in [6, 6.07) is 1.70. The van der Waals surface area contributed by atoms with Crippen LogP contribution in [0.3, 0.4) is 0 Å². The fourth-order valence-electron chi connectivity index (χ4n) is 2.16. The molecule has 7 nitrogen and oxygen atoms in total. The van der Waals surface area contributed by atoms with E-state index in [4.69, 9.17) is 5.73 Å². The predicted octanol–water partition coefficient (Wildman–Crippen LogP) is 0.784. The van der Waals surface area contributed by atoms with Gasteiger partial charge in [-0.2, -0.15) is 10.1 Å². The van der Waals surface area contributed by atoms with Gasteiger partial charge in [-0.3, -0.25) is 9.20 Å². The van der Waals surface area contributed by atoms with Crippen molar-refractivity contribution >= 4 is 22.2 Å². The van der Waals surface area contributed by atoms with Gasteiger partial charge in [0.2, 0.25) is 0 Å². The van der Waals surface area contributed by atoms with E-state index in [1.54, 1.807) is 42.4 Å². The van der Waals surface area contributed by atoms with Gasteiger partial charge in [-0.25, -0.2) is 4.68 Å². The Labute approximate surface area is 125 Å². The second-order valence-electron chi connectivity index (χ2n) is 4.82. The van der Waals surface area contributed by atoms with Crippen molar-refractivity contribution in [2.75, 3.05) is 20.6 Å². The number of rotatable bonds is 4. The Bertz CT molecular complexity index is 784. The lowest BCUT2D eigenvalue weighted by molar-refractivity contribution is 0.0821. The van der Waals surface area contributed by atoms with E-state index in [9.17, 15) is 4.79 Å². The number of carbonyl (C=O) groups is 1. The van der Waals surface area contributed by atoms with E-state index in [1.807, 2.05) is 16.0 Å². The van der Waals surface area contributed by atoms with Crippen molar-refractivity contribution in [3.8, 4) is 5.82 Å². The van der Waals surface area contributed by atoms with Crippen LogP contribution in [-0.4, -0.2) is 50.6 Å². The molecule has 3 rings (SSSR count). The largest absolute Gasteiger partial charge is 0.343 e. The Morgan fingerprint density at radius 2 is 2.24 bits per heavy atom. The summed E-state index contributed by atoms with van der Waals surface area (Å²) in [5.41, 5.74) is 7.09. The maximum absolute atomic E-state index is 11.9. The maximum Gasteiger partial charge on any atom is 0.273 e. The molecule has 0 fully saturated rings. The number of imidazole rings is 1. The van der Waals surface area contributed by atoms with Gasteiger partial charge in [0, 0.05) is 38.3 Å². The average molecular weight is 304 g/mol. The molecule has 0 atom stereocenters. The molecule has 0 aromatic carbocycles. The molecule has 0 radical (unpaired) electrons. The van der Waals surface area contributed by atoms with Crippen LogP contribution in [0.4, 0.5) is 0 Å². The zero-order chi connectivity index (χ0) is 15.0. The molecule has 110 valence electrons. The number of nitrogens with zero attached hydrogens (tertiary/aromatic N) is 5. The quantitative estimate of drug-likeness (QED) is 0.772. The third-order valence-corrected chi connectivity index (χ3v) is 3.91. The van der Waals surface area contributed by atoms with E-state index in [1.165, 1.54) is 4.90 Å². The fourth-order valence-corrected chi connectivity index (χ4v) is 2.89. The van der Waals surface area contributed by atoms with E-state index >= 15 is 0 Å². The van der Waals surface area contributed by atoms with Gasteiger partial charge in [-0.15, -0.1) is 11.3 Å². The Balaban J connectivity index is 2.06. The third kappa shape index (κ3) is 2.32. The minimum absolute atomic E-state index is 0.129. The van der Waals surface area contributed by atoms with E-state index in [2.05, 4.69) is 10.1 Å². The van der Waals surface area contributed by atoms with Gasteiger partial charge in [-0.05, 0) is 12.6 Å². The molecule has 1 amide bonds. The summed E-state index contributed by atoms with van der Waals surface area (Å²) in [6.45, 7) is 0.529. The first-order valence-corrected chi connectivity index (χ1v) is 7.42. The molecule has 0 unspecified atom stereocenters. The maximum atomic E-state index is 11.9. The molecule has 8 heteroatoms. The van der Waals surface area contributed by atoms with Crippen molar-refractivity contribution in [1.82, 2.24) is 24.1 Å². The monoisotopic (exact) mass is 304 g/mol. The Morgan fingerprint density at radius 3 is 2.95 bits per heavy atom. The number of hydrogen-bond acceptors (Lipinski definition) is 5. The highest BCUT2D eigenvalue weighted by Gasteiger charge is 2.17. The third-order valence-electron chi connectivity index (χ3n) is 3.15. The molecule has 0 aliphatic heterocycles. The van der Waals surface area contributed by atoms with Crippen LogP contribution in [0.1, 0.15) is 16.2 Å². The molecule has 3 heterocycles. The van der Waals surface area contributed by atoms with Crippen LogP contribution in [0.15, 0.2) is 23.8 Å². The molecule has 0 aliphatic rings. The van der Waals surface area contributed by atoms with Crippen molar-refractivity contribution in [2.24, 2.45) is 5.73 Å². The molecular formula is C13H16N6OS. The molecule has 0 saturated heterocycles. The van der Waals surface area contributed by atoms with Crippen LogP contribution in [0.25, 0.3) is 10.8 Å². The van der Waals surface area contributed by atoms with E-state index in [0.717, 1.165) is 16.5 Å². The van der Waals surface area contributed by atoms with Crippen LogP contribution in [0.5, 0.6) is 0 Å². The van der Waals surface area contributed by atoms with Gasteiger partial charge in [0.15, 0.2) is 16.5 Å². The Kier molecular flexibility index (Phi) is 3.48. The van der Waals surface area contributed by atoms with Gasteiger partial charge in [0.05, 0.1) is 5.69 Å². The van der Waals surface area contributed by atoms with Crippen LogP contribution in [0.2, 0.25) is 0 Å². The highest BCUT2D eigenvalue weighted by molar-refractivity contribution is 7.15. The summed E-state index contributed by atoms with van der Waals surface area (Å²) < 4.78 is 3.66. The topological polar surface area (TPSA) is 81.5 Å². The SMILES string of the molecule is CN(C)C(=O)c1ccn(-c2nc3sccn3c2CCN)n1. The van der Waals surface area contributed by atoms with Crippen molar-refractivity contribution in [3.63, 3.8) is 0 Å². The van der Waals surface area contributed by atoms with Crippen molar-refractivity contribution in [1.29, 1.82) is 0 Å². The molecule has 0 bridgehead atoms. The zero-order valence-corrected chi connectivity index (χ0v) is 12.7. The molecule has 0 saturated carbocycles. The summed E-state index contributed by atoms with van der Waals surface area (Å²) in [5.74, 6) is 0.597. The van der Waals surface area contributed by atoms with Crippen molar-refractivity contribution in [2.45, 2.75) is 6.42 Å². The second-order valence-corrected chi connectivity index (χ2v) is 5.69. The molecule has 3 aromatic heterocycles. The van der Waals surface area contributed by atoms with Crippen molar-refractivity contribution in [3.05, 3.63) is 35.2 Å². The summed E-state index contributed by atoms with van der Waals surface area (Å²) in [4.78, 5) is 18.9. The number of thiazole rings is 1. The second kappa shape index (κ2) is 5.30. The molecule has 3 aromatic rings. The van der Waals surface area contributed by atoms with Crippen LogP contribution in [0, 0.1) is 0 Å². The molecular weight excluding hydrogens is 288 g/mol. The normalized spacial score (nSPS) is 11.2. The first kappa shape index (κ1) is 13.8.